The minimum absolute atomic E-state index is 0.0801. The molecule has 8 nitrogen and oxygen atoms in total. The summed E-state index contributed by atoms with van der Waals surface area (Å²) in [5.74, 6) is 1.21. The summed E-state index contributed by atoms with van der Waals surface area (Å²) < 4.78 is 12.8. The highest BCUT2D eigenvalue weighted by Crippen LogP contribution is 2.31. The molecule has 0 fully saturated rings. The predicted octanol–water partition coefficient (Wildman–Crippen LogP) is 4.41. The van der Waals surface area contributed by atoms with E-state index in [9.17, 15) is 9.59 Å². The molecule has 0 saturated heterocycles. The summed E-state index contributed by atoms with van der Waals surface area (Å²) in [5.41, 5.74) is 1.04. The van der Waals surface area contributed by atoms with Crippen molar-refractivity contribution in [2.24, 2.45) is 5.92 Å². The number of carbonyl (C=O) groups excluding carboxylic acids is 1. The molecule has 3 heterocycles. The van der Waals surface area contributed by atoms with Gasteiger partial charge in [0.15, 0.2) is 5.16 Å². The Kier molecular flexibility index (Phi) is 6.85. The van der Waals surface area contributed by atoms with E-state index in [0.29, 0.717) is 39.1 Å². The Bertz CT molecular complexity index is 1380. The number of carbonyl (C=O) groups is 1. The highest BCUT2D eigenvalue weighted by molar-refractivity contribution is 7.99. The Morgan fingerprint density at radius 1 is 1.24 bits per heavy atom. The molecule has 3 aromatic heterocycles. The molecule has 0 unspecified atom stereocenters. The maximum Gasteiger partial charge on any atom is 0.272 e. The molecule has 1 N–H and O–H groups in total. The van der Waals surface area contributed by atoms with Crippen LogP contribution >= 0.6 is 23.1 Å². The van der Waals surface area contributed by atoms with Gasteiger partial charge in [0.2, 0.25) is 5.91 Å². The lowest BCUT2D eigenvalue weighted by Crippen LogP contribution is -2.25. The number of hydrogen-bond donors (Lipinski definition) is 1. The first-order valence-electron chi connectivity index (χ1n) is 10.3. The lowest BCUT2D eigenvalue weighted by atomic mass is 10.2. The first-order valence-corrected chi connectivity index (χ1v) is 12.1. The topological polar surface area (TPSA) is 95.3 Å². The average molecular weight is 485 g/mol. The molecule has 0 spiro atoms. The second-order valence-electron chi connectivity index (χ2n) is 7.74. The van der Waals surface area contributed by atoms with E-state index in [1.165, 1.54) is 30.2 Å². The smallest absolute Gasteiger partial charge is 0.272 e. The third-order valence-electron chi connectivity index (χ3n) is 4.88. The van der Waals surface area contributed by atoms with Crippen molar-refractivity contribution >= 4 is 55.1 Å². The van der Waals surface area contributed by atoms with Crippen LogP contribution in [0.25, 0.3) is 20.4 Å². The first kappa shape index (κ1) is 23.1. The zero-order chi connectivity index (χ0) is 23.5. The van der Waals surface area contributed by atoms with Crippen molar-refractivity contribution < 1.29 is 14.3 Å². The molecule has 0 bridgehead atoms. The van der Waals surface area contributed by atoms with Gasteiger partial charge in [-0.15, -0.1) is 11.3 Å². The Labute approximate surface area is 199 Å². The fourth-order valence-electron chi connectivity index (χ4n) is 3.41. The van der Waals surface area contributed by atoms with Gasteiger partial charge in [-0.2, -0.15) is 0 Å². The molecule has 10 heteroatoms. The number of thiophene rings is 1. The molecule has 0 aliphatic heterocycles. The molecule has 0 aliphatic carbocycles. The molecule has 1 aromatic carbocycles. The summed E-state index contributed by atoms with van der Waals surface area (Å²) in [6, 6.07) is 8.93. The number of benzene rings is 1. The Hall–Kier alpha value is -3.11. The van der Waals surface area contributed by atoms with Crippen LogP contribution in [0.2, 0.25) is 0 Å². The predicted molar refractivity (Wildman–Crippen MR) is 133 cm³/mol. The van der Waals surface area contributed by atoms with Crippen LogP contribution in [0.5, 0.6) is 11.5 Å². The van der Waals surface area contributed by atoms with Gasteiger partial charge in [0.05, 0.1) is 31.2 Å². The minimum Gasteiger partial charge on any atom is -0.497 e. The molecule has 33 heavy (non-hydrogen) atoms. The average Bonchev–Trinajstić information content (AvgIpc) is 3.18. The van der Waals surface area contributed by atoms with E-state index in [1.807, 2.05) is 26.0 Å². The summed E-state index contributed by atoms with van der Waals surface area (Å²) in [7, 11) is 3.10. The largest absolute Gasteiger partial charge is 0.497 e. The maximum absolute atomic E-state index is 13.3. The third-order valence-corrected chi connectivity index (χ3v) is 6.95. The van der Waals surface area contributed by atoms with Gasteiger partial charge < -0.3 is 14.8 Å². The minimum atomic E-state index is -0.242. The summed E-state index contributed by atoms with van der Waals surface area (Å²) in [6.45, 7) is 4.59. The van der Waals surface area contributed by atoms with Crippen molar-refractivity contribution in [1.82, 2.24) is 14.5 Å². The molecule has 0 aliphatic rings. The summed E-state index contributed by atoms with van der Waals surface area (Å²) >= 11 is 2.58. The van der Waals surface area contributed by atoms with Gasteiger partial charge in [-0.1, -0.05) is 25.6 Å². The Balaban J connectivity index is 1.64. The summed E-state index contributed by atoms with van der Waals surface area (Å²) in [5, 5.41) is 4.21. The van der Waals surface area contributed by atoms with Crippen LogP contribution in [0.4, 0.5) is 5.69 Å². The fraction of sp³-hybridized carbons (Fsp3) is 0.304. The highest BCUT2D eigenvalue weighted by atomic mass is 32.2. The number of thioether (sulfide) groups is 1. The number of amides is 1. The maximum atomic E-state index is 13.3. The van der Waals surface area contributed by atoms with E-state index in [1.54, 1.807) is 36.1 Å². The van der Waals surface area contributed by atoms with Gasteiger partial charge in [0.25, 0.3) is 5.56 Å². The van der Waals surface area contributed by atoms with Crippen LogP contribution < -0.4 is 20.3 Å². The monoisotopic (exact) mass is 484 g/mol. The zero-order valence-corrected chi connectivity index (χ0v) is 20.4. The number of nitrogens with zero attached hydrogens (tertiary/aromatic N) is 3. The van der Waals surface area contributed by atoms with Crippen molar-refractivity contribution in [3.8, 4) is 11.5 Å². The Morgan fingerprint density at radius 2 is 2.06 bits per heavy atom. The highest BCUT2D eigenvalue weighted by Gasteiger charge is 2.19. The number of methoxy groups -OCH3 is 2. The molecule has 4 aromatic rings. The molecular weight excluding hydrogens is 460 g/mol. The van der Waals surface area contributed by atoms with Gasteiger partial charge >= 0.3 is 0 Å². The summed E-state index contributed by atoms with van der Waals surface area (Å²) in [4.78, 5) is 36.0. The second kappa shape index (κ2) is 9.80. The second-order valence-corrected chi connectivity index (χ2v) is 9.68. The number of nitrogens with one attached hydrogen (secondary N) is 1. The van der Waals surface area contributed by atoms with E-state index < -0.39 is 0 Å². The van der Waals surface area contributed by atoms with Crippen molar-refractivity contribution in [3.63, 3.8) is 0 Å². The standard InChI is InChI=1S/C23H24N4O4S2/c1-13(2)11-27-22(29)20-19(15-6-5-9-24-21(15)33-20)26-23(27)32-12-18(28)25-16-10-14(30-3)7-8-17(16)31-4/h5-10,13H,11-12H2,1-4H3,(H,25,28). The van der Waals surface area contributed by atoms with Gasteiger partial charge in [-0.05, 0) is 30.2 Å². The van der Waals surface area contributed by atoms with E-state index >= 15 is 0 Å². The molecule has 0 atom stereocenters. The lowest BCUT2D eigenvalue weighted by molar-refractivity contribution is -0.113. The SMILES string of the molecule is COc1ccc(OC)c(NC(=O)CSc2nc3c(sc4ncccc43)c(=O)n2CC(C)C)c1. The van der Waals surface area contributed by atoms with Crippen molar-refractivity contribution in [2.45, 2.75) is 25.5 Å². The van der Waals surface area contributed by atoms with E-state index in [-0.39, 0.29) is 23.1 Å². The number of hydrogen-bond acceptors (Lipinski definition) is 8. The van der Waals surface area contributed by atoms with E-state index in [2.05, 4.69) is 10.3 Å². The summed E-state index contributed by atoms with van der Waals surface area (Å²) in [6.07, 6.45) is 1.71. The van der Waals surface area contributed by atoms with Crippen LogP contribution in [-0.2, 0) is 11.3 Å². The number of anilines is 1. The third kappa shape index (κ3) is 4.81. The van der Waals surface area contributed by atoms with Crippen LogP contribution in [-0.4, -0.2) is 40.4 Å². The van der Waals surface area contributed by atoms with Crippen LogP contribution in [0.15, 0.2) is 46.5 Å². The molecule has 0 saturated carbocycles. The van der Waals surface area contributed by atoms with Crippen LogP contribution in [0.3, 0.4) is 0 Å². The van der Waals surface area contributed by atoms with Crippen LogP contribution in [0.1, 0.15) is 13.8 Å². The lowest BCUT2D eigenvalue weighted by Gasteiger charge is -2.14. The van der Waals surface area contributed by atoms with Crippen LogP contribution in [0, 0.1) is 5.92 Å². The number of pyridine rings is 1. The van der Waals surface area contributed by atoms with Gasteiger partial charge in [0, 0.05) is 24.2 Å². The van der Waals surface area contributed by atoms with Gasteiger partial charge in [0.1, 0.15) is 21.0 Å². The molecule has 172 valence electrons. The molecule has 0 radical (unpaired) electrons. The zero-order valence-electron chi connectivity index (χ0n) is 18.7. The number of rotatable bonds is 8. The first-order chi connectivity index (χ1) is 15.9. The molecule has 4 rings (SSSR count). The number of aromatic nitrogens is 3. The number of fused-ring (bicyclic) bond motifs is 3. The van der Waals surface area contributed by atoms with Gasteiger partial charge in [-0.3, -0.25) is 14.2 Å². The van der Waals surface area contributed by atoms with E-state index in [0.717, 1.165) is 10.2 Å². The quantitative estimate of drug-likeness (QED) is 0.292. The molecular formula is C23H24N4O4S2. The van der Waals surface area contributed by atoms with Crippen molar-refractivity contribution in [1.29, 1.82) is 0 Å². The number of ether oxygens (including phenoxy) is 2. The fourth-order valence-corrected chi connectivity index (χ4v) is 5.24. The van der Waals surface area contributed by atoms with Crippen molar-refractivity contribution in [2.75, 3.05) is 25.3 Å². The van der Waals surface area contributed by atoms with Gasteiger partial charge in [-0.25, -0.2) is 9.97 Å². The van der Waals surface area contributed by atoms with E-state index in [4.69, 9.17) is 14.5 Å². The normalized spacial score (nSPS) is 11.3. The Morgan fingerprint density at radius 3 is 2.79 bits per heavy atom. The molecule has 1 amide bonds. The van der Waals surface area contributed by atoms with Crippen molar-refractivity contribution in [3.05, 3.63) is 46.9 Å².